The Labute approximate surface area is 123 Å². The highest BCUT2D eigenvalue weighted by atomic mass is 35.5. The van der Waals surface area contributed by atoms with Crippen LogP contribution in [0.3, 0.4) is 0 Å². The van der Waals surface area contributed by atoms with Gasteiger partial charge in [0.15, 0.2) is 0 Å². The van der Waals surface area contributed by atoms with Crippen molar-refractivity contribution in [1.82, 2.24) is 15.0 Å². The van der Waals surface area contributed by atoms with Gasteiger partial charge in [-0.1, -0.05) is 18.2 Å². The Balaban J connectivity index is 2.09. The van der Waals surface area contributed by atoms with Crippen molar-refractivity contribution in [2.45, 2.75) is 19.4 Å². The summed E-state index contributed by atoms with van der Waals surface area (Å²) in [4.78, 5) is 16.9. The maximum atomic E-state index is 6.03. The number of aromatic nitrogens is 3. The summed E-state index contributed by atoms with van der Waals surface area (Å²) in [5.74, 6) is 1.17. The molecule has 0 bridgehead atoms. The molecule has 1 aliphatic rings. The van der Waals surface area contributed by atoms with Crippen LogP contribution in [0, 0.1) is 0 Å². The summed E-state index contributed by atoms with van der Waals surface area (Å²) < 4.78 is 0. The van der Waals surface area contributed by atoms with E-state index in [9.17, 15) is 0 Å². The van der Waals surface area contributed by atoms with Gasteiger partial charge < -0.3 is 9.80 Å². The third-order valence-electron chi connectivity index (χ3n) is 3.41. The zero-order chi connectivity index (χ0) is 14.3. The molecule has 0 aliphatic carbocycles. The van der Waals surface area contributed by atoms with Crippen LogP contribution in [0.5, 0.6) is 0 Å². The molecule has 3 rings (SSSR count). The summed E-state index contributed by atoms with van der Waals surface area (Å²) in [6.45, 7) is 2.16. The smallest absolute Gasteiger partial charge is 0.236 e. The third kappa shape index (κ3) is 2.18. The summed E-state index contributed by atoms with van der Waals surface area (Å²) in [6.07, 6.45) is 0.983. The normalized spacial score (nSPS) is 17.2. The first-order valence-electron chi connectivity index (χ1n) is 6.52. The van der Waals surface area contributed by atoms with Crippen LogP contribution in [0.4, 0.5) is 17.6 Å². The molecule has 2 aromatic rings. The lowest BCUT2D eigenvalue weighted by atomic mass is 10.1. The predicted molar refractivity (Wildman–Crippen MR) is 80.9 cm³/mol. The maximum Gasteiger partial charge on any atom is 0.236 e. The van der Waals surface area contributed by atoms with Gasteiger partial charge in [0, 0.05) is 25.8 Å². The number of hydrogen-bond acceptors (Lipinski definition) is 5. The van der Waals surface area contributed by atoms with Crippen LogP contribution in [-0.2, 0) is 6.42 Å². The van der Waals surface area contributed by atoms with Gasteiger partial charge in [-0.25, -0.2) is 0 Å². The van der Waals surface area contributed by atoms with Crippen molar-refractivity contribution in [1.29, 1.82) is 0 Å². The summed E-state index contributed by atoms with van der Waals surface area (Å²) in [6, 6.07) is 8.62. The first kappa shape index (κ1) is 13.1. The van der Waals surface area contributed by atoms with Crippen molar-refractivity contribution in [2.24, 2.45) is 0 Å². The highest BCUT2D eigenvalue weighted by Crippen LogP contribution is 2.36. The quantitative estimate of drug-likeness (QED) is 0.850. The van der Waals surface area contributed by atoms with E-state index in [1.165, 1.54) is 5.56 Å². The van der Waals surface area contributed by atoms with E-state index in [4.69, 9.17) is 11.6 Å². The Morgan fingerprint density at radius 1 is 1.20 bits per heavy atom. The molecule has 1 unspecified atom stereocenters. The molecule has 1 aliphatic heterocycles. The van der Waals surface area contributed by atoms with E-state index in [-0.39, 0.29) is 5.28 Å². The van der Waals surface area contributed by atoms with Crippen LogP contribution in [0.1, 0.15) is 12.5 Å². The number of hydrogen-bond donors (Lipinski definition) is 0. The fourth-order valence-corrected chi connectivity index (χ4v) is 2.66. The fourth-order valence-electron chi connectivity index (χ4n) is 2.51. The van der Waals surface area contributed by atoms with Crippen LogP contribution in [0.25, 0.3) is 0 Å². The molecule has 0 saturated carbocycles. The van der Waals surface area contributed by atoms with Gasteiger partial charge in [-0.15, -0.1) is 0 Å². The number of halogens is 1. The molecular weight excluding hydrogens is 274 g/mol. The number of nitrogens with zero attached hydrogens (tertiary/aromatic N) is 5. The molecular formula is C14H16ClN5. The van der Waals surface area contributed by atoms with Crippen LogP contribution >= 0.6 is 11.6 Å². The van der Waals surface area contributed by atoms with Gasteiger partial charge in [-0.2, -0.15) is 15.0 Å². The lowest BCUT2D eigenvalue weighted by Gasteiger charge is -2.23. The standard InChI is InChI=1S/C14H16ClN5/c1-9-8-10-6-4-5-7-11(10)20(9)14-17-12(15)16-13(18-14)19(2)3/h4-7,9H,8H2,1-3H3. The van der Waals surface area contributed by atoms with E-state index in [1.807, 2.05) is 25.1 Å². The number of rotatable bonds is 2. The topological polar surface area (TPSA) is 45.2 Å². The molecule has 0 N–H and O–H groups in total. The Bertz CT molecular complexity index is 643. The van der Waals surface area contributed by atoms with E-state index < -0.39 is 0 Å². The van der Waals surface area contributed by atoms with Gasteiger partial charge in [0.2, 0.25) is 17.2 Å². The maximum absolute atomic E-state index is 6.03. The van der Waals surface area contributed by atoms with E-state index in [1.54, 1.807) is 0 Å². The second-order valence-electron chi connectivity index (χ2n) is 5.15. The van der Waals surface area contributed by atoms with Crippen molar-refractivity contribution in [3.63, 3.8) is 0 Å². The minimum absolute atomic E-state index is 0.218. The molecule has 104 valence electrons. The summed E-state index contributed by atoms with van der Waals surface area (Å²) in [7, 11) is 3.77. The first-order valence-corrected chi connectivity index (χ1v) is 6.90. The lowest BCUT2D eigenvalue weighted by molar-refractivity contribution is 0.735. The fraction of sp³-hybridized carbons (Fsp3) is 0.357. The zero-order valence-electron chi connectivity index (χ0n) is 11.7. The van der Waals surface area contributed by atoms with Crippen LogP contribution in [0.15, 0.2) is 24.3 Å². The number of fused-ring (bicyclic) bond motifs is 1. The molecule has 1 atom stereocenters. The summed E-state index contributed by atoms with van der Waals surface area (Å²) in [5, 5.41) is 0.218. The molecule has 5 nitrogen and oxygen atoms in total. The lowest BCUT2D eigenvalue weighted by Crippen LogP contribution is -2.27. The molecule has 0 fully saturated rings. The molecule has 0 spiro atoms. The number of para-hydroxylation sites is 1. The van der Waals surface area contributed by atoms with Gasteiger partial charge in [0.1, 0.15) is 0 Å². The molecule has 0 saturated heterocycles. The first-order chi connectivity index (χ1) is 9.56. The molecule has 1 aromatic carbocycles. The number of benzene rings is 1. The van der Waals surface area contributed by atoms with Crippen molar-refractivity contribution < 1.29 is 0 Å². The molecule has 0 amide bonds. The minimum Gasteiger partial charge on any atom is -0.347 e. The second-order valence-corrected chi connectivity index (χ2v) is 5.49. The number of anilines is 3. The van der Waals surface area contributed by atoms with Gasteiger partial charge in [0.25, 0.3) is 0 Å². The molecule has 0 radical (unpaired) electrons. The van der Waals surface area contributed by atoms with Crippen LogP contribution in [-0.4, -0.2) is 35.1 Å². The van der Waals surface area contributed by atoms with Crippen LogP contribution in [0.2, 0.25) is 5.28 Å². The summed E-state index contributed by atoms with van der Waals surface area (Å²) in [5.41, 5.74) is 2.45. The van der Waals surface area contributed by atoms with Crippen LogP contribution < -0.4 is 9.80 Å². The minimum atomic E-state index is 0.218. The van der Waals surface area contributed by atoms with Gasteiger partial charge in [0.05, 0.1) is 0 Å². The Kier molecular flexibility index (Phi) is 3.22. The van der Waals surface area contributed by atoms with Gasteiger partial charge in [-0.05, 0) is 36.6 Å². The molecule has 1 aromatic heterocycles. The van der Waals surface area contributed by atoms with E-state index in [2.05, 4.69) is 45.0 Å². The van der Waals surface area contributed by atoms with Crippen molar-refractivity contribution in [3.05, 3.63) is 35.1 Å². The summed E-state index contributed by atoms with van der Waals surface area (Å²) >= 11 is 6.03. The van der Waals surface area contributed by atoms with Crippen molar-refractivity contribution in [3.8, 4) is 0 Å². The van der Waals surface area contributed by atoms with E-state index in [0.29, 0.717) is 17.9 Å². The Morgan fingerprint density at radius 2 is 1.95 bits per heavy atom. The van der Waals surface area contributed by atoms with E-state index in [0.717, 1.165) is 12.1 Å². The highest BCUT2D eigenvalue weighted by Gasteiger charge is 2.29. The monoisotopic (exact) mass is 289 g/mol. The second kappa shape index (κ2) is 4.90. The molecule has 2 heterocycles. The van der Waals surface area contributed by atoms with Gasteiger partial charge >= 0.3 is 0 Å². The molecule has 20 heavy (non-hydrogen) atoms. The van der Waals surface area contributed by atoms with Gasteiger partial charge in [-0.3, -0.25) is 0 Å². The average molecular weight is 290 g/mol. The third-order valence-corrected chi connectivity index (χ3v) is 3.58. The van der Waals surface area contributed by atoms with E-state index >= 15 is 0 Å². The Hall–Kier alpha value is -1.88. The van der Waals surface area contributed by atoms with Crippen molar-refractivity contribution >= 4 is 29.2 Å². The highest BCUT2D eigenvalue weighted by molar-refractivity contribution is 6.28. The zero-order valence-corrected chi connectivity index (χ0v) is 12.5. The Morgan fingerprint density at radius 3 is 2.70 bits per heavy atom. The molecule has 6 heteroatoms. The largest absolute Gasteiger partial charge is 0.347 e. The SMILES string of the molecule is CC1Cc2ccccc2N1c1nc(Cl)nc(N(C)C)n1. The predicted octanol–water partition coefficient (Wildman–Crippen LogP) is 2.67. The average Bonchev–Trinajstić information content (AvgIpc) is 2.73. The van der Waals surface area contributed by atoms with Crippen molar-refractivity contribution in [2.75, 3.05) is 23.9 Å².